The molecule has 7 heteroatoms. The molecular formula is C16H28ClIN4O. The van der Waals surface area contributed by atoms with Crippen LogP contribution < -0.4 is 10.6 Å². The standard InChI is InChI=1S/C16H27ClN4O.HI/c1-18-16(19-9-4-10-21(2)11-12-22-3)20-13-14-5-7-15(17)8-6-14;/h5-8H,4,9-13H2,1-3H3,(H2,18,19,20);1H. The molecule has 0 unspecified atom stereocenters. The molecule has 0 heterocycles. The maximum atomic E-state index is 5.88. The van der Waals surface area contributed by atoms with Gasteiger partial charge in [-0.3, -0.25) is 4.99 Å². The van der Waals surface area contributed by atoms with Crippen LogP contribution in [0.25, 0.3) is 0 Å². The first kappa shape index (κ1) is 22.4. The fourth-order valence-electron chi connectivity index (χ4n) is 1.92. The third kappa shape index (κ3) is 10.8. The van der Waals surface area contributed by atoms with E-state index in [2.05, 4.69) is 27.6 Å². The highest BCUT2D eigenvalue weighted by Gasteiger charge is 2.00. The van der Waals surface area contributed by atoms with Gasteiger partial charge in [0.25, 0.3) is 0 Å². The van der Waals surface area contributed by atoms with Gasteiger partial charge in [0, 0.05) is 38.8 Å². The Kier molecular flexibility index (Phi) is 13.5. The third-order valence-corrected chi connectivity index (χ3v) is 3.53. The summed E-state index contributed by atoms with van der Waals surface area (Å²) in [4.78, 5) is 6.48. The summed E-state index contributed by atoms with van der Waals surface area (Å²) in [7, 11) is 5.61. The van der Waals surface area contributed by atoms with Gasteiger partial charge >= 0.3 is 0 Å². The topological polar surface area (TPSA) is 48.9 Å². The van der Waals surface area contributed by atoms with E-state index in [4.69, 9.17) is 16.3 Å². The summed E-state index contributed by atoms with van der Waals surface area (Å²) in [5.41, 5.74) is 1.17. The SMILES string of the molecule is CN=C(NCCCN(C)CCOC)NCc1ccc(Cl)cc1.I. The molecule has 0 aliphatic carbocycles. The molecule has 1 rings (SSSR count). The van der Waals surface area contributed by atoms with Crippen molar-refractivity contribution in [2.75, 3.05) is 47.4 Å². The van der Waals surface area contributed by atoms with Crippen molar-refractivity contribution < 1.29 is 4.74 Å². The summed E-state index contributed by atoms with van der Waals surface area (Å²) < 4.78 is 5.06. The molecule has 0 saturated heterocycles. The van der Waals surface area contributed by atoms with Gasteiger partial charge in [0.1, 0.15) is 0 Å². The van der Waals surface area contributed by atoms with Gasteiger partial charge in [-0.2, -0.15) is 0 Å². The molecule has 0 saturated carbocycles. The lowest BCUT2D eigenvalue weighted by Gasteiger charge is -2.17. The van der Waals surface area contributed by atoms with Gasteiger partial charge in [-0.05, 0) is 37.7 Å². The number of nitrogens with one attached hydrogen (secondary N) is 2. The van der Waals surface area contributed by atoms with Gasteiger partial charge in [0.2, 0.25) is 0 Å². The molecule has 1 aromatic rings. The van der Waals surface area contributed by atoms with E-state index in [0.29, 0.717) is 0 Å². The van der Waals surface area contributed by atoms with E-state index < -0.39 is 0 Å². The summed E-state index contributed by atoms with van der Waals surface area (Å²) in [5.74, 6) is 0.814. The number of rotatable bonds is 9. The predicted octanol–water partition coefficient (Wildman–Crippen LogP) is 2.59. The van der Waals surface area contributed by atoms with Gasteiger partial charge in [-0.25, -0.2) is 0 Å². The molecule has 1 aromatic carbocycles. The lowest BCUT2D eigenvalue weighted by atomic mass is 10.2. The van der Waals surface area contributed by atoms with Crippen molar-refractivity contribution in [3.8, 4) is 0 Å². The first-order chi connectivity index (χ1) is 10.7. The molecule has 0 amide bonds. The second-order valence-corrected chi connectivity index (χ2v) is 5.57. The zero-order valence-corrected chi connectivity index (χ0v) is 17.2. The number of halogens is 2. The molecule has 23 heavy (non-hydrogen) atoms. The van der Waals surface area contributed by atoms with Crippen molar-refractivity contribution >= 4 is 41.5 Å². The van der Waals surface area contributed by atoms with Crippen molar-refractivity contribution in [3.63, 3.8) is 0 Å². The molecule has 0 aliphatic heterocycles. The molecule has 0 radical (unpaired) electrons. The smallest absolute Gasteiger partial charge is 0.191 e. The van der Waals surface area contributed by atoms with Crippen LogP contribution in [-0.2, 0) is 11.3 Å². The zero-order chi connectivity index (χ0) is 16.2. The van der Waals surface area contributed by atoms with Crippen LogP contribution in [0.1, 0.15) is 12.0 Å². The van der Waals surface area contributed by atoms with Crippen LogP contribution in [-0.4, -0.2) is 58.3 Å². The Bertz CT molecular complexity index is 442. The number of likely N-dealkylation sites (N-methyl/N-ethyl adjacent to an activating group) is 1. The Morgan fingerprint density at radius 3 is 2.52 bits per heavy atom. The molecule has 5 nitrogen and oxygen atoms in total. The van der Waals surface area contributed by atoms with Crippen LogP contribution >= 0.6 is 35.6 Å². The van der Waals surface area contributed by atoms with Crippen LogP contribution in [0.3, 0.4) is 0 Å². The van der Waals surface area contributed by atoms with Gasteiger partial charge in [-0.15, -0.1) is 24.0 Å². The van der Waals surface area contributed by atoms with Gasteiger partial charge < -0.3 is 20.3 Å². The van der Waals surface area contributed by atoms with Crippen LogP contribution in [0.15, 0.2) is 29.3 Å². The van der Waals surface area contributed by atoms with Gasteiger partial charge in [0.15, 0.2) is 5.96 Å². The van der Waals surface area contributed by atoms with Crippen molar-refractivity contribution in [3.05, 3.63) is 34.9 Å². The van der Waals surface area contributed by atoms with E-state index >= 15 is 0 Å². The Labute approximate surface area is 161 Å². The van der Waals surface area contributed by atoms with Crippen molar-refractivity contribution in [1.29, 1.82) is 0 Å². The van der Waals surface area contributed by atoms with Crippen LogP contribution in [0.4, 0.5) is 0 Å². The number of hydrogen-bond acceptors (Lipinski definition) is 3. The minimum absolute atomic E-state index is 0. The van der Waals surface area contributed by atoms with Crippen molar-refractivity contribution in [2.24, 2.45) is 4.99 Å². The second-order valence-electron chi connectivity index (χ2n) is 5.13. The molecule has 0 aliphatic rings. The zero-order valence-electron chi connectivity index (χ0n) is 14.1. The molecule has 0 aromatic heterocycles. The molecule has 132 valence electrons. The van der Waals surface area contributed by atoms with E-state index in [1.54, 1.807) is 14.2 Å². The van der Waals surface area contributed by atoms with E-state index in [0.717, 1.165) is 50.2 Å². The van der Waals surface area contributed by atoms with E-state index in [9.17, 15) is 0 Å². The number of methoxy groups -OCH3 is 1. The third-order valence-electron chi connectivity index (χ3n) is 3.28. The summed E-state index contributed by atoms with van der Waals surface area (Å²) >= 11 is 5.88. The Hall–Kier alpha value is -0.570. The molecule has 0 spiro atoms. The molecule has 0 bridgehead atoms. The second kappa shape index (κ2) is 13.8. The summed E-state index contributed by atoms with van der Waals surface area (Å²) in [6, 6.07) is 7.80. The minimum Gasteiger partial charge on any atom is -0.383 e. The van der Waals surface area contributed by atoms with Crippen LogP contribution in [0.5, 0.6) is 0 Å². The fourth-order valence-corrected chi connectivity index (χ4v) is 2.05. The highest BCUT2D eigenvalue weighted by molar-refractivity contribution is 14.0. The van der Waals surface area contributed by atoms with Crippen molar-refractivity contribution in [1.82, 2.24) is 15.5 Å². The average Bonchev–Trinajstić information content (AvgIpc) is 2.53. The minimum atomic E-state index is 0. The fraction of sp³-hybridized carbons (Fsp3) is 0.562. The number of hydrogen-bond donors (Lipinski definition) is 2. The first-order valence-electron chi connectivity index (χ1n) is 7.52. The lowest BCUT2D eigenvalue weighted by Crippen LogP contribution is -2.38. The van der Waals surface area contributed by atoms with Gasteiger partial charge in [-0.1, -0.05) is 23.7 Å². The first-order valence-corrected chi connectivity index (χ1v) is 7.90. The van der Waals surface area contributed by atoms with E-state index in [1.807, 2.05) is 24.3 Å². The van der Waals surface area contributed by atoms with Crippen LogP contribution in [0.2, 0.25) is 5.02 Å². The number of nitrogens with zero attached hydrogens (tertiary/aromatic N) is 2. The molecule has 0 fully saturated rings. The summed E-state index contributed by atoms with van der Waals surface area (Å²) in [6.07, 6.45) is 1.06. The number of guanidine groups is 1. The largest absolute Gasteiger partial charge is 0.383 e. The monoisotopic (exact) mass is 454 g/mol. The number of ether oxygens (including phenoxy) is 1. The van der Waals surface area contributed by atoms with E-state index in [1.165, 1.54) is 5.56 Å². The molecule has 0 atom stereocenters. The highest BCUT2D eigenvalue weighted by atomic mass is 127. The van der Waals surface area contributed by atoms with Crippen LogP contribution in [0, 0.1) is 0 Å². The lowest BCUT2D eigenvalue weighted by molar-refractivity contribution is 0.161. The molecule has 2 N–H and O–H groups in total. The van der Waals surface area contributed by atoms with E-state index in [-0.39, 0.29) is 24.0 Å². The molecular weight excluding hydrogens is 427 g/mol. The maximum Gasteiger partial charge on any atom is 0.191 e. The summed E-state index contributed by atoms with van der Waals surface area (Å²) in [6.45, 7) is 4.38. The maximum absolute atomic E-state index is 5.88. The number of aliphatic imine (C=N–C) groups is 1. The predicted molar refractivity (Wildman–Crippen MR) is 109 cm³/mol. The quantitative estimate of drug-likeness (QED) is 0.261. The van der Waals surface area contributed by atoms with Gasteiger partial charge in [0.05, 0.1) is 6.61 Å². The Morgan fingerprint density at radius 2 is 1.91 bits per heavy atom. The average molecular weight is 455 g/mol. The Balaban J connectivity index is 0.00000484. The highest BCUT2D eigenvalue weighted by Crippen LogP contribution is 2.08. The Morgan fingerprint density at radius 1 is 1.22 bits per heavy atom. The normalized spacial score (nSPS) is 11.3. The summed E-state index contributed by atoms with van der Waals surface area (Å²) in [5, 5.41) is 7.36. The number of benzene rings is 1. The van der Waals surface area contributed by atoms with Crippen molar-refractivity contribution in [2.45, 2.75) is 13.0 Å².